The first-order valence-electron chi connectivity index (χ1n) is 6.21. The Morgan fingerprint density at radius 1 is 1.44 bits per heavy atom. The van der Waals surface area contributed by atoms with E-state index in [1.165, 1.54) is 4.90 Å². The SMILES string of the molecule is CCC(C#N)(CC)C(=O)N(C)C1CCS(=O)(=O)C1. The summed E-state index contributed by atoms with van der Waals surface area (Å²) in [5, 5.41) is 9.23. The lowest BCUT2D eigenvalue weighted by atomic mass is 9.82. The summed E-state index contributed by atoms with van der Waals surface area (Å²) in [5.41, 5.74) is -1.01. The standard InChI is InChI=1S/C12H20N2O3S/c1-4-12(5-2,9-13)11(15)14(3)10-6-7-18(16,17)8-10/h10H,4-8H2,1-3H3. The number of carbonyl (C=O) groups is 1. The molecule has 0 aromatic carbocycles. The second-order valence-corrected chi connectivity index (χ2v) is 7.10. The molecule has 0 aliphatic carbocycles. The number of hydrogen-bond acceptors (Lipinski definition) is 4. The molecular weight excluding hydrogens is 252 g/mol. The van der Waals surface area contributed by atoms with Gasteiger partial charge in [0.1, 0.15) is 5.41 Å². The van der Waals surface area contributed by atoms with Gasteiger partial charge in [-0.2, -0.15) is 5.26 Å². The van der Waals surface area contributed by atoms with Crippen LogP contribution in [0.15, 0.2) is 0 Å². The number of nitrogens with zero attached hydrogens (tertiary/aromatic N) is 2. The third-order valence-electron chi connectivity index (χ3n) is 3.91. The summed E-state index contributed by atoms with van der Waals surface area (Å²) in [6, 6.07) is 1.82. The average Bonchev–Trinajstić information content (AvgIpc) is 2.71. The molecule has 1 rings (SSSR count). The number of nitriles is 1. The quantitative estimate of drug-likeness (QED) is 0.763. The Hall–Kier alpha value is -1.09. The van der Waals surface area contributed by atoms with E-state index < -0.39 is 15.3 Å². The predicted octanol–water partition coefficient (Wildman–Crippen LogP) is 0.962. The largest absolute Gasteiger partial charge is 0.340 e. The molecule has 0 spiro atoms. The first-order chi connectivity index (χ1) is 8.32. The Morgan fingerprint density at radius 2 is 2.00 bits per heavy atom. The van der Waals surface area contributed by atoms with Gasteiger partial charge < -0.3 is 4.90 Å². The molecular formula is C12H20N2O3S. The summed E-state index contributed by atoms with van der Waals surface area (Å²) in [6.45, 7) is 3.62. The van der Waals surface area contributed by atoms with Crippen LogP contribution in [-0.2, 0) is 14.6 Å². The third kappa shape index (κ3) is 2.66. The molecule has 0 bridgehead atoms. The van der Waals surface area contributed by atoms with E-state index in [4.69, 9.17) is 0 Å². The van der Waals surface area contributed by atoms with Crippen molar-refractivity contribution < 1.29 is 13.2 Å². The molecule has 1 fully saturated rings. The van der Waals surface area contributed by atoms with Crippen LogP contribution in [0.3, 0.4) is 0 Å². The van der Waals surface area contributed by atoms with Crippen LogP contribution in [0, 0.1) is 16.7 Å². The van der Waals surface area contributed by atoms with E-state index in [0.29, 0.717) is 19.3 Å². The lowest BCUT2D eigenvalue weighted by Crippen LogP contribution is -2.46. The number of rotatable bonds is 4. The highest BCUT2D eigenvalue weighted by molar-refractivity contribution is 7.91. The Balaban J connectivity index is 2.88. The number of sulfone groups is 1. The van der Waals surface area contributed by atoms with Crippen molar-refractivity contribution in [3.05, 3.63) is 0 Å². The maximum atomic E-state index is 12.4. The first-order valence-corrected chi connectivity index (χ1v) is 8.03. The zero-order chi connectivity index (χ0) is 14.0. The maximum Gasteiger partial charge on any atom is 0.243 e. The zero-order valence-corrected chi connectivity index (χ0v) is 12.0. The van der Waals surface area contributed by atoms with Crippen molar-refractivity contribution in [2.45, 2.75) is 39.2 Å². The molecule has 0 N–H and O–H groups in total. The van der Waals surface area contributed by atoms with Gasteiger partial charge in [-0.3, -0.25) is 4.79 Å². The first kappa shape index (κ1) is 15.0. The molecule has 5 nitrogen and oxygen atoms in total. The molecule has 0 aromatic heterocycles. The highest BCUT2D eigenvalue weighted by Crippen LogP contribution is 2.30. The van der Waals surface area contributed by atoms with Gasteiger partial charge in [0.15, 0.2) is 9.84 Å². The van der Waals surface area contributed by atoms with Gasteiger partial charge in [0.2, 0.25) is 5.91 Å². The van der Waals surface area contributed by atoms with E-state index in [1.54, 1.807) is 7.05 Å². The molecule has 102 valence electrons. The molecule has 6 heteroatoms. The molecule has 1 saturated heterocycles. The van der Waals surface area contributed by atoms with E-state index in [9.17, 15) is 18.5 Å². The van der Waals surface area contributed by atoms with Crippen molar-refractivity contribution in [3.63, 3.8) is 0 Å². The molecule has 1 aliphatic heterocycles. The van der Waals surface area contributed by atoms with Crippen LogP contribution < -0.4 is 0 Å². The fraction of sp³-hybridized carbons (Fsp3) is 0.833. The second kappa shape index (κ2) is 5.27. The van der Waals surface area contributed by atoms with Gasteiger partial charge in [0.25, 0.3) is 0 Å². The van der Waals surface area contributed by atoms with E-state index >= 15 is 0 Å². The zero-order valence-electron chi connectivity index (χ0n) is 11.1. The van der Waals surface area contributed by atoms with Gasteiger partial charge >= 0.3 is 0 Å². The Bertz CT molecular complexity index is 460. The molecule has 1 aliphatic rings. The lowest BCUT2D eigenvalue weighted by Gasteiger charge is -2.31. The summed E-state index contributed by atoms with van der Waals surface area (Å²) in [6.07, 6.45) is 1.37. The van der Waals surface area contributed by atoms with E-state index in [-0.39, 0.29) is 23.5 Å². The normalized spacial score (nSPS) is 22.4. The molecule has 18 heavy (non-hydrogen) atoms. The van der Waals surface area contributed by atoms with Crippen molar-refractivity contribution in [1.82, 2.24) is 4.90 Å². The molecule has 0 saturated carbocycles. The highest BCUT2D eigenvalue weighted by atomic mass is 32.2. The summed E-state index contributed by atoms with van der Waals surface area (Å²) in [5.74, 6) is -0.103. The summed E-state index contributed by atoms with van der Waals surface area (Å²) in [7, 11) is -1.41. The van der Waals surface area contributed by atoms with E-state index in [0.717, 1.165) is 0 Å². The van der Waals surface area contributed by atoms with Crippen molar-refractivity contribution in [2.24, 2.45) is 5.41 Å². The van der Waals surface area contributed by atoms with Gasteiger partial charge in [0.05, 0.1) is 17.6 Å². The fourth-order valence-electron chi connectivity index (χ4n) is 2.34. The minimum atomic E-state index is -3.02. The van der Waals surface area contributed by atoms with Crippen LogP contribution in [0.2, 0.25) is 0 Å². The van der Waals surface area contributed by atoms with E-state index in [1.807, 2.05) is 13.8 Å². The minimum absolute atomic E-state index is 0.0180. The summed E-state index contributed by atoms with van der Waals surface area (Å²) in [4.78, 5) is 13.8. The topological polar surface area (TPSA) is 78.2 Å². The number of carbonyl (C=O) groups excluding carboxylic acids is 1. The molecule has 1 heterocycles. The second-order valence-electron chi connectivity index (χ2n) is 4.87. The highest BCUT2D eigenvalue weighted by Gasteiger charge is 2.41. The molecule has 0 radical (unpaired) electrons. The fourth-order valence-corrected chi connectivity index (χ4v) is 4.12. The van der Waals surface area contributed by atoms with Gasteiger partial charge in [-0.05, 0) is 19.3 Å². The van der Waals surface area contributed by atoms with Gasteiger partial charge in [-0.1, -0.05) is 13.8 Å². The molecule has 0 aromatic rings. The van der Waals surface area contributed by atoms with Crippen LogP contribution in [0.4, 0.5) is 0 Å². The van der Waals surface area contributed by atoms with Crippen LogP contribution in [0.25, 0.3) is 0 Å². The Labute approximate surface area is 109 Å². The van der Waals surface area contributed by atoms with Crippen molar-refractivity contribution in [2.75, 3.05) is 18.6 Å². The van der Waals surface area contributed by atoms with Gasteiger partial charge in [-0.15, -0.1) is 0 Å². The summed E-state index contributed by atoms with van der Waals surface area (Å²) >= 11 is 0. The van der Waals surface area contributed by atoms with Crippen molar-refractivity contribution >= 4 is 15.7 Å². The van der Waals surface area contributed by atoms with Gasteiger partial charge in [0, 0.05) is 13.1 Å². The monoisotopic (exact) mass is 272 g/mol. The van der Waals surface area contributed by atoms with E-state index in [2.05, 4.69) is 6.07 Å². The third-order valence-corrected chi connectivity index (χ3v) is 5.66. The number of hydrogen-bond donors (Lipinski definition) is 0. The molecule has 1 atom stereocenters. The Morgan fingerprint density at radius 3 is 2.33 bits per heavy atom. The summed E-state index contributed by atoms with van der Waals surface area (Å²) < 4.78 is 22.8. The lowest BCUT2D eigenvalue weighted by molar-refractivity contribution is -0.139. The minimum Gasteiger partial charge on any atom is -0.340 e. The van der Waals surface area contributed by atoms with Crippen molar-refractivity contribution in [3.8, 4) is 6.07 Å². The van der Waals surface area contributed by atoms with Crippen LogP contribution >= 0.6 is 0 Å². The van der Waals surface area contributed by atoms with Crippen LogP contribution in [-0.4, -0.2) is 43.8 Å². The maximum absolute atomic E-state index is 12.4. The van der Waals surface area contributed by atoms with Crippen LogP contribution in [0.1, 0.15) is 33.1 Å². The smallest absolute Gasteiger partial charge is 0.243 e. The number of amides is 1. The predicted molar refractivity (Wildman–Crippen MR) is 68.5 cm³/mol. The van der Waals surface area contributed by atoms with Crippen molar-refractivity contribution in [1.29, 1.82) is 5.26 Å². The van der Waals surface area contributed by atoms with Crippen LogP contribution in [0.5, 0.6) is 0 Å². The Kier molecular flexibility index (Phi) is 4.38. The van der Waals surface area contributed by atoms with Gasteiger partial charge in [-0.25, -0.2) is 8.42 Å². The molecule has 1 unspecified atom stereocenters. The molecule has 1 amide bonds. The average molecular weight is 272 g/mol.